The molecular formula is C23H33IN6O. The van der Waals surface area contributed by atoms with E-state index in [0.717, 1.165) is 55.5 Å². The molecule has 2 heterocycles. The van der Waals surface area contributed by atoms with Gasteiger partial charge in [0.25, 0.3) is 0 Å². The molecule has 0 saturated heterocycles. The van der Waals surface area contributed by atoms with Crippen LogP contribution in [0.15, 0.2) is 58.3 Å². The van der Waals surface area contributed by atoms with Crippen LogP contribution in [0.2, 0.25) is 0 Å². The fourth-order valence-electron chi connectivity index (χ4n) is 3.36. The molecule has 2 N–H and O–H groups in total. The molecule has 0 amide bonds. The summed E-state index contributed by atoms with van der Waals surface area (Å²) in [6.07, 6.45) is 6.77. The third-order valence-electron chi connectivity index (χ3n) is 5.13. The Kier molecular flexibility index (Phi) is 10.6. The SMILES string of the molecule is CCNC(=NCc1cc(C(CC)CC)no1)NCCc1ccc(-n2cccn2)cc1.I. The van der Waals surface area contributed by atoms with Crippen LogP contribution in [0.5, 0.6) is 0 Å². The van der Waals surface area contributed by atoms with Crippen molar-refractivity contribution >= 4 is 29.9 Å². The van der Waals surface area contributed by atoms with Gasteiger partial charge in [-0.25, -0.2) is 9.67 Å². The lowest BCUT2D eigenvalue weighted by Crippen LogP contribution is -2.38. The lowest BCUT2D eigenvalue weighted by molar-refractivity contribution is 0.372. The summed E-state index contributed by atoms with van der Waals surface area (Å²) in [7, 11) is 0. The lowest BCUT2D eigenvalue weighted by Gasteiger charge is -2.11. The first-order chi connectivity index (χ1) is 14.7. The van der Waals surface area contributed by atoms with Crippen molar-refractivity contribution in [3.63, 3.8) is 0 Å². The molecular weight excluding hydrogens is 503 g/mol. The van der Waals surface area contributed by atoms with Crippen molar-refractivity contribution in [3.05, 3.63) is 65.8 Å². The molecule has 0 unspecified atom stereocenters. The minimum Gasteiger partial charge on any atom is -0.359 e. The average molecular weight is 536 g/mol. The second kappa shape index (κ2) is 13.1. The van der Waals surface area contributed by atoms with Crippen LogP contribution in [-0.2, 0) is 13.0 Å². The van der Waals surface area contributed by atoms with Crippen molar-refractivity contribution in [1.82, 2.24) is 25.6 Å². The summed E-state index contributed by atoms with van der Waals surface area (Å²) in [5.74, 6) is 2.03. The molecule has 3 rings (SSSR count). The molecule has 0 aliphatic rings. The summed E-state index contributed by atoms with van der Waals surface area (Å²) in [6, 6.07) is 12.4. The first-order valence-electron chi connectivity index (χ1n) is 10.8. The Morgan fingerprint density at radius 2 is 1.90 bits per heavy atom. The molecule has 0 aliphatic carbocycles. The first-order valence-corrected chi connectivity index (χ1v) is 10.8. The number of hydrogen-bond acceptors (Lipinski definition) is 4. The van der Waals surface area contributed by atoms with Gasteiger partial charge in [-0.3, -0.25) is 0 Å². The van der Waals surface area contributed by atoms with Crippen LogP contribution in [0.1, 0.15) is 56.5 Å². The van der Waals surface area contributed by atoms with Gasteiger partial charge in [0, 0.05) is 37.5 Å². The summed E-state index contributed by atoms with van der Waals surface area (Å²) in [4.78, 5) is 4.64. The van der Waals surface area contributed by atoms with Crippen LogP contribution in [0.4, 0.5) is 0 Å². The van der Waals surface area contributed by atoms with E-state index >= 15 is 0 Å². The molecule has 0 atom stereocenters. The third kappa shape index (κ3) is 7.37. The predicted octanol–water partition coefficient (Wildman–Crippen LogP) is 4.68. The van der Waals surface area contributed by atoms with Crippen LogP contribution in [0, 0.1) is 0 Å². The number of nitrogens with zero attached hydrogens (tertiary/aromatic N) is 4. The van der Waals surface area contributed by atoms with Gasteiger partial charge in [-0.1, -0.05) is 31.1 Å². The summed E-state index contributed by atoms with van der Waals surface area (Å²) >= 11 is 0. The second-order valence-corrected chi connectivity index (χ2v) is 7.22. The smallest absolute Gasteiger partial charge is 0.191 e. The maximum atomic E-state index is 5.47. The summed E-state index contributed by atoms with van der Waals surface area (Å²) in [5.41, 5.74) is 3.35. The van der Waals surface area contributed by atoms with E-state index in [1.807, 2.05) is 23.0 Å². The molecule has 1 aromatic carbocycles. The number of benzene rings is 1. The van der Waals surface area contributed by atoms with Gasteiger partial charge in [0.15, 0.2) is 11.7 Å². The van der Waals surface area contributed by atoms with E-state index in [4.69, 9.17) is 4.52 Å². The third-order valence-corrected chi connectivity index (χ3v) is 5.13. The van der Waals surface area contributed by atoms with E-state index in [9.17, 15) is 0 Å². The van der Waals surface area contributed by atoms with Gasteiger partial charge in [0.1, 0.15) is 6.54 Å². The summed E-state index contributed by atoms with van der Waals surface area (Å²) < 4.78 is 7.33. The molecule has 7 nitrogen and oxygen atoms in total. The van der Waals surface area contributed by atoms with E-state index in [0.29, 0.717) is 12.5 Å². The molecule has 0 aliphatic heterocycles. The normalized spacial score (nSPS) is 11.4. The Morgan fingerprint density at radius 3 is 2.55 bits per heavy atom. The zero-order chi connectivity index (χ0) is 21.2. The van der Waals surface area contributed by atoms with Crippen LogP contribution < -0.4 is 10.6 Å². The number of guanidine groups is 1. The van der Waals surface area contributed by atoms with Crippen molar-refractivity contribution in [2.45, 2.75) is 52.5 Å². The molecule has 0 spiro atoms. The molecule has 31 heavy (non-hydrogen) atoms. The molecule has 0 bridgehead atoms. The molecule has 0 fully saturated rings. The van der Waals surface area contributed by atoms with Gasteiger partial charge in [-0.05, 0) is 49.9 Å². The Hall–Kier alpha value is -2.36. The second-order valence-electron chi connectivity index (χ2n) is 7.22. The topological polar surface area (TPSA) is 80.3 Å². The molecule has 3 aromatic rings. The standard InChI is InChI=1S/C23H32N6O.HI/c1-4-19(5-2)22-16-21(30-28-22)17-26-23(24-6-3)25-14-12-18-8-10-20(11-9-18)29-15-7-13-27-29;/h7-11,13,15-16,19H,4-6,12,14,17H2,1-3H3,(H2,24,25,26);1H. The maximum Gasteiger partial charge on any atom is 0.191 e. The highest BCUT2D eigenvalue weighted by Gasteiger charge is 2.12. The van der Waals surface area contributed by atoms with Crippen molar-refractivity contribution in [2.24, 2.45) is 4.99 Å². The van der Waals surface area contributed by atoms with Gasteiger partial charge in [0.05, 0.1) is 11.4 Å². The number of halogens is 1. The van der Waals surface area contributed by atoms with E-state index in [1.165, 1.54) is 5.56 Å². The number of aromatic nitrogens is 3. The summed E-state index contributed by atoms with van der Waals surface area (Å²) in [5, 5.41) is 15.2. The zero-order valence-electron chi connectivity index (χ0n) is 18.5. The van der Waals surface area contributed by atoms with E-state index in [-0.39, 0.29) is 24.0 Å². The van der Waals surface area contributed by atoms with Gasteiger partial charge >= 0.3 is 0 Å². The highest BCUT2D eigenvalue weighted by atomic mass is 127. The Morgan fingerprint density at radius 1 is 1.13 bits per heavy atom. The van der Waals surface area contributed by atoms with Crippen molar-refractivity contribution < 1.29 is 4.52 Å². The largest absolute Gasteiger partial charge is 0.359 e. The van der Waals surface area contributed by atoms with Crippen LogP contribution in [0.3, 0.4) is 0 Å². The van der Waals surface area contributed by atoms with Crippen molar-refractivity contribution in [2.75, 3.05) is 13.1 Å². The minimum atomic E-state index is 0. The molecule has 0 saturated carbocycles. The number of hydrogen-bond donors (Lipinski definition) is 2. The van der Waals surface area contributed by atoms with Gasteiger partial charge in [-0.15, -0.1) is 24.0 Å². The van der Waals surface area contributed by atoms with Gasteiger partial charge < -0.3 is 15.2 Å². The first kappa shape index (κ1) is 24.9. The van der Waals surface area contributed by atoms with Crippen molar-refractivity contribution in [3.8, 4) is 5.69 Å². The van der Waals surface area contributed by atoms with Crippen molar-refractivity contribution in [1.29, 1.82) is 0 Å². The molecule has 0 radical (unpaired) electrons. The minimum absolute atomic E-state index is 0. The predicted molar refractivity (Wildman–Crippen MR) is 135 cm³/mol. The van der Waals surface area contributed by atoms with Crippen LogP contribution >= 0.6 is 24.0 Å². The van der Waals surface area contributed by atoms with Crippen LogP contribution in [-0.4, -0.2) is 34.0 Å². The fraction of sp³-hybridized carbons (Fsp3) is 0.435. The van der Waals surface area contributed by atoms with Gasteiger partial charge in [0.2, 0.25) is 0 Å². The van der Waals surface area contributed by atoms with E-state index in [1.54, 1.807) is 6.20 Å². The van der Waals surface area contributed by atoms with Gasteiger partial charge in [-0.2, -0.15) is 5.10 Å². The highest BCUT2D eigenvalue weighted by Crippen LogP contribution is 2.22. The lowest BCUT2D eigenvalue weighted by atomic mass is 9.99. The molecule has 168 valence electrons. The number of aliphatic imine (C=N–C) groups is 1. The Bertz CT molecular complexity index is 901. The number of nitrogens with one attached hydrogen (secondary N) is 2. The molecule has 2 aromatic heterocycles. The average Bonchev–Trinajstić information content (AvgIpc) is 3.46. The Labute approximate surface area is 201 Å². The highest BCUT2D eigenvalue weighted by molar-refractivity contribution is 14.0. The van der Waals surface area contributed by atoms with E-state index < -0.39 is 0 Å². The summed E-state index contributed by atoms with van der Waals surface area (Å²) in [6.45, 7) is 8.49. The quantitative estimate of drug-likeness (QED) is 0.224. The zero-order valence-corrected chi connectivity index (χ0v) is 20.9. The Balaban J connectivity index is 0.00000341. The number of rotatable bonds is 10. The fourth-order valence-corrected chi connectivity index (χ4v) is 3.36. The maximum absolute atomic E-state index is 5.47. The van der Waals surface area contributed by atoms with Crippen LogP contribution in [0.25, 0.3) is 5.69 Å². The molecule has 8 heteroatoms. The monoisotopic (exact) mass is 536 g/mol. The van der Waals surface area contributed by atoms with E-state index in [2.05, 4.69) is 70.9 Å².